The summed E-state index contributed by atoms with van der Waals surface area (Å²) in [6.45, 7) is 4.39. The lowest BCUT2D eigenvalue weighted by Crippen LogP contribution is -2.35. The number of likely N-dealkylation sites (N-methyl/N-ethyl adjacent to an activating group) is 1. The molecule has 0 aromatic carbocycles. The minimum Gasteiger partial charge on any atom is -0.302 e. The summed E-state index contributed by atoms with van der Waals surface area (Å²) >= 11 is 0. The third-order valence-electron chi connectivity index (χ3n) is 2.72. The van der Waals surface area contributed by atoms with Crippen molar-refractivity contribution in [2.75, 3.05) is 32.9 Å². The molecule has 0 amide bonds. The number of hydrogen-bond acceptors (Lipinski definition) is 3. The highest BCUT2D eigenvalue weighted by molar-refractivity contribution is 7.88. The SMILES string of the molecule is CCN(C)[C@@H]1CCN(S(C)(=O)=O)C1. The van der Waals surface area contributed by atoms with E-state index in [9.17, 15) is 8.42 Å². The van der Waals surface area contributed by atoms with E-state index in [1.165, 1.54) is 6.26 Å². The quantitative estimate of drug-likeness (QED) is 0.651. The molecular formula is C8H18N2O2S. The Labute approximate surface area is 80.6 Å². The summed E-state index contributed by atoms with van der Waals surface area (Å²) in [6, 6.07) is 0.403. The second-order valence-corrected chi connectivity index (χ2v) is 5.62. The lowest BCUT2D eigenvalue weighted by molar-refractivity contribution is 0.262. The van der Waals surface area contributed by atoms with Crippen molar-refractivity contribution in [2.45, 2.75) is 19.4 Å². The van der Waals surface area contributed by atoms with Gasteiger partial charge in [-0.1, -0.05) is 6.92 Å². The molecule has 5 heteroatoms. The van der Waals surface area contributed by atoms with E-state index in [0.717, 1.165) is 13.0 Å². The lowest BCUT2D eigenvalue weighted by Gasteiger charge is -2.22. The van der Waals surface area contributed by atoms with Gasteiger partial charge in [0, 0.05) is 19.1 Å². The zero-order valence-corrected chi connectivity index (χ0v) is 9.34. The van der Waals surface area contributed by atoms with Crippen LogP contribution in [0.15, 0.2) is 0 Å². The molecule has 0 aromatic rings. The van der Waals surface area contributed by atoms with Gasteiger partial charge in [0.1, 0.15) is 0 Å². The van der Waals surface area contributed by atoms with Gasteiger partial charge in [-0.25, -0.2) is 12.7 Å². The highest BCUT2D eigenvalue weighted by Gasteiger charge is 2.29. The molecule has 1 atom stereocenters. The molecule has 1 aliphatic rings. The van der Waals surface area contributed by atoms with Crippen molar-refractivity contribution < 1.29 is 8.42 Å². The Morgan fingerprint density at radius 3 is 2.54 bits per heavy atom. The molecule has 0 N–H and O–H groups in total. The van der Waals surface area contributed by atoms with Crippen LogP contribution < -0.4 is 0 Å². The minimum atomic E-state index is -2.97. The molecule has 0 spiro atoms. The highest BCUT2D eigenvalue weighted by atomic mass is 32.2. The molecule has 0 aliphatic carbocycles. The topological polar surface area (TPSA) is 40.6 Å². The van der Waals surface area contributed by atoms with Crippen molar-refractivity contribution >= 4 is 10.0 Å². The molecule has 0 aromatic heterocycles. The number of hydrogen-bond donors (Lipinski definition) is 0. The minimum absolute atomic E-state index is 0.403. The number of sulfonamides is 1. The van der Waals surface area contributed by atoms with Crippen LogP contribution in [-0.4, -0.2) is 56.6 Å². The first-order valence-electron chi connectivity index (χ1n) is 4.60. The second-order valence-electron chi connectivity index (χ2n) is 3.64. The average Bonchev–Trinajstić information content (AvgIpc) is 2.50. The summed E-state index contributed by atoms with van der Waals surface area (Å²) in [6.07, 6.45) is 2.23. The van der Waals surface area contributed by atoms with Crippen molar-refractivity contribution in [3.63, 3.8) is 0 Å². The van der Waals surface area contributed by atoms with Crippen molar-refractivity contribution in [2.24, 2.45) is 0 Å². The Kier molecular flexibility index (Phi) is 3.32. The van der Waals surface area contributed by atoms with Gasteiger partial charge in [-0.05, 0) is 20.0 Å². The van der Waals surface area contributed by atoms with Crippen molar-refractivity contribution in [1.29, 1.82) is 0 Å². The van der Waals surface area contributed by atoms with E-state index >= 15 is 0 Å². The second kappa shape index (κ2) is 3.94. The van der Waals surface area contributed by atoms with Gasteiger partial charge in [0.15, 0.2) is 0 Å². The Morgan fingerprint density at radius 1 is 1.54 bits per heavy atom. The number of nitrogens with zero attached hydrogens (tertiary/aromatic N) is 2. The zero-order valence-electron chi connectivity index (χ0n) is 8.52. The summed E-state index contributed by atoms with van der Waals surface area (Å²) < 4.78 is 24.0. The molecule has 1 heterocycles. The van der Waals surface area contributed by atoms with Crippen LogP contribution in [0.1, 0.15) is 13.3 Å². The van der Waals surface area contributed by atoms with Crippen molar-refractivity contribution in [3.8, 4) is 0 Å². The number of rotatable bonds is 3. The van der Waals surface area contributed by atoms with Gasteiger partial charge in [-0.3, -0.25) is 0 Å². The maximum Gasteiger partial charge on any atom is 0.211 e. The predicted octanol–water partition coefficient (Wildman–Crippen LogP) is -0.0280. The van der Waals surface area contributed by atoms with Crippen LogP contribution in [-0.2, 0) is 10.0 Å². The molecule has 13 heavy (non-hydrogen) atoms. The van der Waals surface area contributed by atoms with Crippen LogP contribution in [0.3, 0.4) is 0 Å². The molecular weight excluding hydrogens is 188 g/mol. The van der Waals surface area contributed by atoms with E-state index in [2.05, 4.69) is 11.8 Å². The van der Waals surface area contributed by atoms with E-state index in [1.54, 1.807) is 4.31 Å². The molecule has 0 radical (unpaired) electrons. The highest BCUT2D eigenvalue weighted by Crippen LogP contribution is 2.16. The van der Waals surface area contributed by atoms with Crippen LogP contribution in [0, 0.1) is 0 Å². The van der Waals surface area contributed by atoms with Gasteiger partial charge < -0.3 is 4.90 Å². The van der Waals surface area contributed by atoms with Crippen LogP contribution in [0.4, 0.5) is 0 Å². The van der Waals surface area contributed by atoms with Crippen LogP contribution in [0.25, 0.3) is 0 Å². The molecule has 1 fully saturated rings. The summed E-state index contributed by atoms with van der Waals surface area (Å²) in [4.78, 5) is 2.20. The van der Waals surface area contributed by atoms with Crippen molar-refractivity contribution in [1.82, 2.24) is 9.21 Å². The van der Waals surface area contributed by atoms with E-state index in [0.29, 0.717) is 19.1 Å². The van der Waals surface area contributed by atoms with Crippen LogP contribution in [0.2, 0.25) is 0 Å². The Balaban J connectivity index is 2.55. The molecule has 1 aliphatic heterocycles. The van der Waals surface area contributed by atoms with Gasteiger partial charge in [-0.2, -0.15) is 0 Å². The van der Waals surface area contributed by atoms with E-state index < -0.39 is 10.0 Å². The lowest BCUT2D eigenvalue weighted by atomic mass is 10.2. The maximum atomic E-state index is 11.2. The first kappa shape index (κ1) is 10.9. The van der Waals surface area contributed by atoms with E-state index in [-0.39, 0.29) is 0 Å². The molecule has 0 unspecified atom stereocenters. The Hall–Kier alpha value is -0.130. The van der Waals surface area contributed by atoms with Crippen molar-refractivity contribution in [3.05, 3.63) is 0 Å². The van der Waals surface area contributed by atoms with E-state index in [4.69, 9.17) is 0 Å². The third-order valence-corrected chi connectivity index (χ3v) is 3.99. The van der Waals surface area contributed by atoms with Crippen LogP contribution >= 0.6 is 0 Å². The van der Waals surface area contributed by atoms with Gasteiger partial charge in [-0.15, -0.1) is 0 Å². The summed E-state index contributed by atoms with van der Waals surface area (Å²) in [5.41, 5.74) is 0. The summed E-state index contributed by atoms with van der Waals surface area (Å²) in [5.74, 6) is 0. The maximum absolute atomic E-state index is 11.2. The normalized spacial score (nSPS) is 25.7. The largest absolute Gasteiger partial charge is 0.302 e. The predicted molar refractivity (Wildman–Crippen MR) is 53.1 cm³/mol. The smallest absolute Gasteiger partial charge is 0.211 e. The fourth-order valence-corrected chi connectivity index (χ4v) is 2.51. The molecule has 4 nitrogen and oxygen atoms in total. The molecule has 0 bridgehead atoms. The van der Waals surface area contributed by atoms with Gasteiger partial charge in [0.25, 0.3) is 0 Å². The molecule has 78 valence electrons. The fourth-order valence-electron chi connectivity index (χ4n) is 1.63. The average molecular weight is 206 g/mol. The summed E-state index contributed by atoms with van der Waals surface area (Å²) in [7, 11) is -0.932. The Morgan fingerprint density at radius 2 is 2.15 bits per heavy atom. The molecule has 1 rings (SSSR count). The molecule has 1 saturated heterocycles. The third kappa shape index (κ3) is 2.65. The van der Waals surface area contributed by atoms with Crippen LogP contribution in [0.5, 0.6) is 0 Å². The van der Waals surface area contributed by atoms with Gasteiger partial charge >= 0.3 is 0 Å². The monoisotopic (exact) mass is 206 g/mol. The standard InChI is InChI=1S/C8H18N2O2S/c1-4-9(2)8-5-6-10(7-8)13(3,11)12/h8H,4-7H2,1-3H3/t8-/m1/s1. The molecule has 0 saturated carbocycles. The van der Waals surface area contributed by atoms with E-state index in [1.807, 2.05) is 7.05 Å². The van der Waals surface area contributed by atoms with Gasteiger partial charge in [0.05, 0.1) is 6.26 Å². The Bertz CT molecular complexity index is 263. The van der Waals surface area contributed by atoms with Gasteiger partial charge in [0.2, 0.25) is 10.0 Å². The first-order valence-corrected chi connectivity index (χ1v) is 6.45. The zero-order chi connectivity index (χ0) is 10.1. The fraction of sp³-hybridized carbons (Fsp3) is 1.00. The first-order chi connectivity index (χ1) is 5.95. The summed E-state index contributed by atoms with van der Waals surface area (Å²) in [5, 5.41) is 0.